The summed E-state index contributed by atoms with van der Waals surface area (Å²) in [6.07, 6.45) is 0. The highest BCUT2D eigenvalue weighted by Gasteiger charge is 2.23. The first-order valence-corrected chi connectivity index (χ1v) is 9.39. The molecule has 0 bridgehead atoms. The van der Waals surface area contributed by atoms with E-state index in [1.807, 2.05) is 12.1 Å². The summed E-state index contributed by atoms with van der Waals surface area (Å²) in [7, 11) is -2.40. The molecule has 0 spiro atoms. The molecule has 1 aliphatic heterocycles. The largest absolute Gasteiger partial charge is 0.338 e. The van der Waals surface area contributed by atoms with Crippen LogP contribution in [-0.4, -0.2) is 27.3 Å². The molecular formula is C18H17N3O4S. The van der Waals surface area contributed by atoms with Crippen molar-refractivity contribution >= 4 is 27.5 Å². The van der Waals surface area contributed by atoms with Gasteiger partial charge in [-0.1, -0.05) is 26.0 Å². The van der Waals surface area contributed by atoms with Crippen molar-refractivity contribution in [2.24, 2.45) is 9.98 Å². The van der Waals surface area contributed by atoms with Crippen LogP contribution in [-0.2, 0) is 19.6 Å². The monoisotopic (exact) mass is 371 g/mol. The summed E-state index contributed by atoms with van der Waals surface area (Å²) in [5.41, 5.74) is 1.62. The second-order valence-electron chi connectivity index (χ2n) is 6.20. The van der Waals surface area contributed by atoms with E-state index < -0.39 is 21.8 Å². The number of nitrogens with zero attached hydrogens (tertiary/aromatic N) is 3. The smallest absolute Gasteiger partial charge is 0.269 e. The molecule has 0 radical (unpaired) electrons. The lowest BCUT2D eigenvalue weighted by molar-refractivity contribution is -0.135. The fourth-order valence-corrected chi connectivity index (χ4v) is 3.74. The van der Waals surface area contributed by atoms with E-state index in [2.05, 4.69) is 23.8 Å². The SMILES string of the molecule is CC(C)c1ccc(N(C)S(=O)(=O)c2ccc3c(c2)=NC(=O)C(=O)N=3)cc1. The van der Waals surface area contributed by atoms with Gasteiger partial charge in [-0.2, -0.15) is 0 Å². The van der Waals surface area contributed by atoms with Crippen molar-refractivity contribution in [2.45, 2.75) is 24.7 Å². The standard InChI is InChI=1S/C18H17N3O4S/c1-11(2)12-4-6-13(7-5-12)21(3)26(24,25)14-8-9-15-16(10-14)20-18(23)17(22)19-15/h4-11H,1-3H3. The Morgan fingerprint density at radius 3 is 2.04 bits per heavy atom. The molecule has 7 nitrogen and oxygen atoms in total. The van der Waals surface area contributed by atoms with Crippen LogP contribution in [0, 0.1) is 0 Å². The summed E-state index contributed by atoms with van der Waals surface area (Å²) < 4.78 is 26.9. The summed E-state index contributed by atoms with van der Waals surface area (Å²) in [6, 6.07) is 11.2. The number of sulfonamides is 1. The van der Waals surface area contributed by atoms with E-state index >= 15 is 0 Å². The number of hydrogen-bond acceptors (Lipinski definition) is 4. The number of hydrogen-bond donors (Lipinski definition) is 0. The molecule has 0 saturated carbocycles. The minimum atomic E-state index is -3.85. The molecule has 3 rings (SSSR count). The Hall–Kier alpha value is -2.87. The zero-order valence-corrected chi connectivity index (χ0v) is 15.3. The fourth-order valence-electron chi connectivity index (χ4n) is 2.53. The van der Waals surface area contributed by atoms with E-state index in [0.29, 0.717) is 11.6 Å². The summed E-state index contributed by atoms with van der Waals surface area (Å²) >= 11 is 0. The Morgan fingerprint density at radius 2 is 1.46 bits per heavy atom. The first kappa shape index (κ1) is 17.9. The summed E-state index contributed by atoms with van der Waals surface area (Å²) in [5.74, 6) is -1.63. The van der Waals surface area contributed by atoms with Crippen molar-refractivity contribution in [1.82, 2.24) is 0 Å². The summed E-state index contributed by atoms with van der Waals surface area (Å²) in [6.45, 7) is 4.12. The van der Waals surface area contributed by atoms with Gasteiger partial charge < -0.3 is 0 Å². The first-order valence-electron chi connectivity index (χ1n) is 7.95. The Labute approximate surface area is 150 Å². The highest BCUT2D eigenvalue weighted by Crippen LogP contribution is 2.23. The molecule has 1 aliphatic rings. The molecule has 1 heterocycles. The summed E-state index contributed by atoms with van der Waals surface area (Å²) in [4.78, 5) is 29.8. The highest BCUT2D eigenvalue weighted by atomic mass is 32.2. The maximum Gasteiger partial charge on any atom is 0.338 e. The van der Waals surface area contributed by atoms with Crippen molar-refractivity contribution in [3.63, 3.8) is 0 Å². The molecule has 0 atom stereocenters. The number of amides is 2. The van der Waals surface area contributed by atoms with Gasteiger partial charge in [0.15, 0.2) is 0 Å². The van der Waals surface area contributed by atoms with Crippen LogP contribution in [0.4, 0.5) is 5.69 Å². The van der Waals surface area contributed by atoms with E-state index in [0.717, 1.165) is 9.87 Å². The molecule has 2 aromatic rings. The van der Waals surface area contributed by atoms with Crippen molar-refractivity contribution in [3.05, 3.63) is 58.7 Å². The van der Waals surface area contributed by atoms with E-state index in [1.165, 1.54) is 25.2 Å². The first-order chi connectivity index (χ1) is 12.2. The molecule has 0 saturated heterocycles. The van der Waals surface area contributed by atoms with Gasteiger partial charge in [0.2, 0.25) is 0 Å². The molecule has 8 heteroatoms. The Kier molecular flexibility index (Phi) is 4.45. The van der Waals surface area contributed by atoms with Crippen molar-refractivity contribution in [2.75, 3.05) is 11.4 Å². The predicted molar refractivity (Wildman–Crippen MR) is 94.9 cm³/mol. The number of fused-ring (bicyclic) bond motifs is 1. The van der Waals surface area contributed by atoms with Crippen LogP contribution in [0.15, 0.2) is 57.3 Å². The quantitative estimate of drug-likeness (QED) is 0.747. The Bertz CT molecular complexity index is 1120. The second kappa shape index (κ2) is 6.45. The highest BCUT2D eigenvalue weighted by molar-refractivity contribution is 7.92. The van der Waals surface area contributed by atoms with Crippen LogP contribution < -0.4 is 15.0 Å². The van der Waals surface area contributed by atoms with E-state index in [1.54, 1.807) is 12.1 Å². The average molecular weight is 371 g/mol. The Morgan fingerprint density at radius 1 is 0.885 bits per heavy atom. The van der Waals surface area contributed by atoms with Gasteiger partial charge in [-0.05, 0) is 41.8 Å². The third-order valence-electron chi connectivity index (χ3n) is 4.16. The van der Waals surface area contributed by atoms with Crippen LogP contribution in [0.3, 0.4) is 0 Å². The minimum absolute atomic E-state index is 0.0345. The zero-order valence-electron chi connectivity index (χ0n) is 14.5. The molecule has 0 fully saturated rings. The molecule has 0 unspecified atom stereocenters. The fraction of sp³-hybridized carbons (Fsp3) is 0.222. The van der Waals surface area contributed by atoms with Gasteiger partial charge >= 0.3 is 11.8 Å². The molecule has 134 valence electrons. The minimum Gasteiger partial charge on any atom is -0.269 e. The molecular weight excluding hydrogens is 354 g/mol. The number of benzene rings is 2. The third-order valence-corrected chi connectivity index (χ3v) is 5.94. The molecule has 2 aromatic carbocycles. The number of carbonyl (C=O) groups is 2. The number of rotatable bonds is 4. The molecule has 0 aromatic heterocycles. The maximum atomic E-state index is 12.9. The lowest BCUT2D eigenvalue weighted by atomic mass is 10.0. The molecule has 2 amide bonds. The molecule has 0 aliphatic carbocycles. The normalized spacial score (nSPS) is 13.8. The Balaban J connectivity index is 2.02. The van der Waals surface area contributed by atoms with Crippen LogP contribution >= 0.6 is 0 Å². The lowest BCUT2D eigenvalue weighted by Crippen LogP contribution is -2.36. The van der Waals surface area contributed by atoms with Crippen LogP contribution in [0.25, 0.3) is 0 Å². The predicted octanol–water partition coefficient (Wildman–Crippen LogP) is 0.941. The molecule has 26 heavy (non-hydrogen) atoms. The van der Waals surface area contributed by atoms with Crippen LogP contribution in [0.1, 0.15) is 25.3 Å². The average Bonchev–Trinajstić information content (AvgIpc) is 2.61. The number of carbonyl (C=O) groups excluding carboxylic acids is 2. The maximum absolute atomic E-state index is 12.9. The lowest BCUT2D eigenvalue weighted by Gasteiger charge is -2.20. The van der Waals surface area contributed by atoms with Gasteiger partial charge in [-0.3, -0.25) is 13.9 Å². The van der Waals surface area contributed by atoms with Crippen LogP contribution in [0.5, 0.6) is 0 Å². The van der Waals surface area contributed by atoms with Crippen LogP contribution in [0.2, 0.25) is 0 Å². The zero-order chi connectivity index (χ0) is 19.1. The van der Waals surface area contributed by atoms with Gasteiger partial charge in [-0.15, -0.1) is 0 Å². The van der Waals surface area contributed by atoms with E-state index in [9.17, 15) is 18.0 Å². The van der Waals surface area contributed by atoms with Crippen molar-refractivity contribution in [3.8, 4) is 0 Å². The summed E-state index contributed by atoms with van der Waals surface area (Å²) in [5, 5.41) is 0.247. The van der Waals surface area contributed by atoms with Gasteiger partial charge in [0, 0.05) is 7.05 Å². The topological polar surface area (TPSA) is 96.2 Å². The van der Waals surface area contributed by atoms with Gasteiger partial charge in [0.1, 0.15) is 0 Å². The second-order valence-corrected chi connectivity index (χ2v) is 8.17. The van der Waals surface area contributed by atoms with Gasteiger partial charge in [0.05, 0.1) is 21.3 Å². The number of anilines is 1. The van der Waals surface area contributed by atoms with Gasteiger partial charge in [-0.25, -0.2) is 18.4 Å². The third kappa shape index (κ3) is 3.15. The van der Waals surface area contributed by atoms with Crippen molar-refractivity contribution < 1.29 is 18.0 Å². The molecule has 0 N–H and O–H groups in total. The van der Waals surface area contributed by atoms with E-state index in [4.69, 9.17) is 0 Å². The van der Waals surface area contributed by atoms with E-state index in [-0.39, 0.29) is 15.6 Å². The van der Waals surface area contributed by atoms with Crippen molar-refractivity contribution in [1.29, 1.82) is 0 Å². The van der Waals surface area contributed by atoms with Gasteiger partial charge in [0.25, 0.3) is 10.0 Å².